The van der Waals surface area contributed by atoms with Gasteiger partial charge in [-0.2, -0.15) is 0 Å². The minimum atomic E-state index is -0.121. The van der Waals surface area contributed by atoms with Gasteiger partial charge in [0.05, 0.1) is 0 Å². The largest absolute Gasteiger partial charge is 0.0984 e. The molecule has 2 aliphatic rings. The van der Waals surface area contributed by atoms with Crippen molar-refractivity contribution in [3.8, 4) is 11.1 Å². The van der Waals surface area contributed by atoms with Gasteiger partial charge in [-0.25, -0.2) is 0 Å². The summed E-state index contributed by atoms with van der Waals surface area (Å²) in [7, 11) is 0. The number of benzene rings is 2. The molecule has 0 nitrogen and oxygen atoms in total. The molecule has 0 spiro atoms. The molecule has 0 heterocycles. The summed E-state index contributed by atoms with van der Waals surface area (Å²) in [5.41, 5.74) is 10.7. The Morgan fingerprint density at radius 2 is 0.867 bits per heavy atom. The summed E-state index contributed by atoms with van der Waals surface area (Å²) in [5.74, 6) is 0. The van der Waals surface area contributed by atoms with Crippen LogP contribution in [0.15, 0.2) is 120 Å². The zero-order valence-electron chi connectivity index (χ0n) is 32.4. The SMILES string of the molecule is C=CC1=C(/C=C\C)C(C)(CC(C)(C)CC2(C)c3ccccc3-c3ccccc32)C(/C=C\C)=C1C=C.CC.CC.CC.CC.CC. The molecule has 45 heavy (non-hydrogen) atoms. The van der Waals surface area contributed by atoms with Crippen molar-refractivity contribution < 1.29 is 0 Å². The molecule has 0 bridgehead atoms. The van der Waals surface area contributed by atoms with Crippen molar-refractivity contribution in [2.45, 2.75) is 129 Å². The Morgan fingerprint density at radius 1 is 0.556 bits per heavy atom. The Balaban J connectivity index is 0. The first-order chi connectivity index (χ1) is 21.7. The molecule has 2 aromatic rings. The Labute approximate surface area is 281 Å². The van der Waals surface area contributed by atoms with Crippen LogP contribution in [-0.4, -0.2) is 0 Å². The van der Waals surface area contributed by atoms with Gasteiger partial charge in [-0.05, 0) is 76.7 Å². The van der Waals surface area contributed by atoms with Crippen LogP contribution in [0.3, 0.4) is 0 Å². The zero-order chi connectivity index (χ0) is 35.4. The van der Waals surface area contributed by atoms with Gasteiger partial charge >= 0.3 is 0 Å². The molecule has 0 heteroatoms. The molecule has 0 saturated carbocycles. The Bertz CT molecular complexity index is 1200. The van der Waals surface area contributed by atoms with Gasteiger partial charge in [-0.15, -0.1) is 0 Å². The van der Waals surface area contributed by atoms with Crippen LogP contribution in [0.4, 0.5) is 0 Å². The number of hydrogen-bond donors (Lipinski definition) is 0. The van der Waals surface area contributed by atoms with Gasteiger partial charge in [-0.1, -0.05) is 195 Å². The Morgan fingerprint density at radius 3 is 1.18 bits per heavy atom. The van der Waals surface area contributed by atoms with Crippen molar-refractivity contribution >= 4 is 0 Å². The van der Waals surface area contributed by atoms with Crippen LogP contribution < -0.4 is 0 Å². The molecule has 2 aromatic carbocycles. The van der Waals surface area contributed by atoms with Crippen molar-refractivity contribution in [3.63, 3.8) is 0 Å². The predicted molar refractivity (Wildman–Crippen MR) is 210 cm³/mol. The standard InChI is InChI=1S/C35H40.5C2H6/c1-9-17-29-25(11-3)26(12-4)30(18-10-2)34(29,7)23-33(5,6)24-35(8)31-21-15-13-19-27(31)28-20-14-16-22-32(28)35;5*1-2/h9-22H,3-4,23-24H2,1-2,5-8H3;5*1-2H3/b17-9-,18-10-;;;;;. The number of rotatable bonds is 8. The summed E-state index contributed by atoms with van der Waals surface area (Å²) in [6, 6.07) is 18.0. The Hall–Kier alpha value is -3.12. The van der Waals surface area contributed by atoms with E-state index in [-0.39, 0.29) is 16.2 Å². The predicted octanol–water partition coefficient (Wildman–Crippen LogP) is 15.0. The van der Waals surface area contributed by atoms with Crippen molar-refractivity contribution in [3.05, 3.63) is 132 Å². The van der Waals surface area contributed by atoms with E-state index in [1.807, 2.05) is 81.4 Å². The fourth-order valence-electron chi connectivity index (χ4n) is 7.25. The molecule has 0 aromatic heterocycles. The third kappa shape index (κ3) is 9.45. The van der Waals surface area contributed by atoms with Gasteiger partial charge in [0.25, 0.3) is 0 Å². The third-order valence-electron chi connectivity index (χ3n) is 8.13. The van der Waals surface area contributed by atoms with Gasteiger partial charge in [0.15, 0.2) is 0 Å². The lowest BCUT2D eigenvalue weighted by atomic mass is 9.61. The average Bonchev–Trinajstić information content (AvgIpc) is 3.46. The first kappa shape index (κ1) is 44.0. The summed E-state index contributed by atoms with van der Waals surface area (Å²) in [5, 5.41) is 0. The van der Waals surface area contributed by atoms with E-state index >= 15 is 0 Å². The van der Waals surface area contributed by atoms with Crippen LogP contribution >= 0.6 is 0 Å². The highest BCUT2D eigenvalue weighted by Gasteiger charge is 2.47. The Kier molecular flexibility index (Phi) is 21.1. The normalized spacial score (nSPS) is 15.0. The quantitative estimate of drug-likeness (QED) is 0.279. The third-order valence-corrected chi connectivity index (χ3v) is 8.13. The summed E-state index contributed by atoms with van der Waals surface area (Å²) in [6.07, 6.45) is 15.0. The summed E-state index contributed by atoms with van der Waals surface area (Å²) in [4.78, 5) is 0. The van der Waals surface area contributed by atoms with Gasteiger partial charge in [0.2, 0.25) is 0 Å². The second-order valence-corrected chi connectivity index (χ2v) is 11.3. The summed E-state index contributed by atoms with van der Waals surface area (Å²) >= 11 is 0. The van der Waals surface area contributed by atoms with Gasteiger partial charge in [0.1, 0.15) is 0 Å². The van der Waals surface area contributed by atoms with Crippen molar-refractivity contribution in [2.75, 3.05) is 0 Å². The smallest absolute Gasteiger partial charge is 0.0192 e. The molecule has 4 rings (SSSR count). The molecular formula is C45H70. The average molecular weight is 611 g/mol. The number of fused-ring (bicyclic) bond motifs is 3. The van der Waals surface area contributed by atoms with Crippen molar-refractivity contribution in [1.82, 2.24) is 0 Å². The van der Waals surface area contributed by atoms with E-state index < -0.39 is 0 Å². The molecule has 0 radical (unpaired) electrons. The fourth-order valence-corrected chi connectivity index (χ4v) is 7.25. The molecule has 0 aliphatic heterocycles. The highest BCUT2D eigenvalue weighted by Crippen LogP contribution is 2.59. The van der Waals surface area contributed by atoms with E-state index in [0.29, 0.717) is 0 Å². The van der Waals surface area contributed by atoms with Crippen LogP contribution in [-0.2, 0) is 5.41 Å². The first-order valence-corrected chi connectivity index (χ1v) is 17.9. The van der Waals surface area contributed by atoms with E-state index in [0.717, 1.165) is 12.8 Å². The molecule has 0 amide bonds. The second-order valence-electron chi connectivity index (χ2n) is 11.3. The molecule has 2 aliphatic carbocycles. The first-order valence-electron chi connectivity index (χ1n) is 17.9. The van der Waals surface area contributed by atoms with E-state index in [1.54, 1.807) is 0 Å². The lowest BCUT2D eigenvalue weighted by Crippen LogP contribution is -2.34. The zero-order valence-corrected chi connectivity index (χ0v) is 32.4. The van der Waals surface area contributed by atoms with Crippen LogP contribution in [0.2, 0.25) is 0 Å². The van der Waals surface area contributed by atoms with Crippen LogP contribution in [0, 0.1) is 10.8 Å². The number of allylic oxidation sites excluding steroid dienone is 10. The maximum absolute atomic E-state index is 4.18. The summed E-state index contributed by atoms with van der Waals surface area (Å²) < 4.78 is 0. The summed E-state index contributed by atoms with van der Waals surface area (Å²) in [6.45, 7) is 42.3. The second kappa shape index (κ2) is 21.6. The van der Waals surface area contributed by atoms with Crippen molar-refractivity contribution in [2.24, 2.45) is 10.8 Å². The van der Waals surface area contributed by atoms with E-state index in [1.165, 1.54) is 44.5 Å². The van der Waals surface area contributed by atoms with Gasteiger partial charge in [-0.3, -0.25) is 0 Å². The topological polar surface area (TPSA) is 0 Å². The van der Waals surface area contributed by atoms with E-state index in [9.17, 15) is 0 Å². The van der Waals surface area contributed by atoms with Crippen LogP contribution in [0.25, 0.3) is 11.1 Å². The molecule has 0 saturated heterocycles. The minimum Gasteiger partial charge on any atom is -0.0984 e. The van der Waals surface area contributed by atoms with Gasteiger partial charge in [0, 0.05) is 10.8 Å². The van der Waals surface area contributed by atoms with Gasteiger partial charge < -0.3 is 0 Å². The molecular weight excluding hydrogens is 540 g/mol. The maximum Gasteiger partial charge on any atom is 0.0192 e. The highest BCUT2D eigenvalue weighted by atomic mass is 14.5. The molecule has 250 valence electrons. The van der Waals surface area contributed by atoms with Crippen LogP contribution in [0.1, 0.15) is 135 Å². The minimum absolute atomic E-state index is 0.0247. The highest BCUT2D eigenvalue weighted by molar-refractivity contribution is 5.80. The maximum atomic E-state index is 4.18. The molecule has 0 unspecified atom stereocenters. The number of hydrogen-bond acceptors (Lipinski definition) is 0. The molecule has 0 atom stereocenters. The van der Waals surface area contributed by atoms with Crippen LogP contribution in [0.5, 0.6) is 0 Å². The monoisotopic (exact) mass is 611 g/mol. The van der Waals surface area contributed by atoms with Crippen molar-refractivity contribution in [1.29, 1.82) is 0 Å². The molecule has 0 fully saturated rings. The lowest BCUT2D eigenvalue weighted by Gasteiger charge is -2.42. The van der Waals surface area contributed by atoms with E-state index in [2.05, 4.69) is 128 Å². The lowest BCUT2D eigenvalue weighted by molar-refractivity contribution is 0.197. The van der Waals surface area contributed by atoms with E-state index in [4.69, 9.17) is 0 Å². The fraction of sp³-hybridized carbons (Fsp3) is 0.467. The molecule has 0 N–H and O–H groups in total.